The van der Waals surface area contributed by atoms with E-state index in [2.05, 4.69) is 10.2 Å². The molecule has 92 valence electrons. The van der Waals surface area contributed by atoms with Crippen molar-refractivity contribution in [2.45, 2.75) is 57.2 Å². The summed E-state index contributed by atoms with van der Waals surface area (Å²) >= 11 is 0. The van der Waals surface area contributed by atoms with E-state index in [1.165, 1.54) is 25.8 Å². The van der Waals surface area contributed by atoms with Crippen LogP contribution in [0.3, 0.4) is 0 Å². The van der Waals surface area contributed by atoms with Crippen molar-refractivity contribution in [1.29, 1.82) is 0 Å². The molecule has 2 aliphatic rings. The van der Waals surface area contributed by atoms with Gasteiger partial charge in [0.1, 0.15) is 0 Å². The number of piperidine rings is 1. The van der Waals surface area contributed by atoms with E-state index < -0.39 is 5.54 Å². The van der Waals surface area contributed by atoms with Gasteiger partial charge in [-0.2, -0.15) is 0 Å². The minimum Gasteiger partial charge on any atom is -0.350 e. The van der Waals surface area contributed by atoms with Gasteiger partial charge in [-0.05, 0) is 39.7 Å². The Bertz CT molecular complexity index is 272. The van der Waals surface area contributed by atoms with Crippen molar-refractivity contribution >= 4 is 5.91 Å². The maximum Gasteiger partial charge on any atom is 0.239 e. The van der Waals surface area contributed by atoms with E-state index in [1.807, 2.05) is 0 Å². The fourth-order valence-electron chi connectivity index (χ4n) is 2.77. The summed E-state index contributed by atoms with van der Waals surface area (Å²) in [6, 6.07) is 0.871. The average Bonchev–Trinajstić information content (AvgIpc) is 2.61. The summed E-state index contributed by atoms with van der Waals surface area (Å²) in [5.74, 6) is -0.0232. The monoisotopic (exact) mass is 225 g/mol. The first-order valence-electron chi connectivity index (χ1n) is 6.32. The summed E-state index contributed by atoms with van der Waals surface area (Å²) in [5.41, 5.74) is 5.04. The van der Waals surface area contributed by atoms with Crippen LogP contribution in [0.15, 0.2) is 0 Å². The minimum absolute atomic E-state index is 0.0232. The third-order valence-corrected chi connectivity index (χ3v) is 3.76. The first-order chi connectivity index (χ1) is 7.48. The highest BCUT2D eigenvalue weighted by atomic mass is 16.2. The molecule has 2 heterocycles. The highest BCUT2D eigenvalue weighted by Crippen LogP contribution is 2.27. The van der Waals surface area contributed by atoms with E-state index in [0.29, 0.717) is 12.1 Å². The van der Waals surface area contributed by atoms with Gasteiger partial charge in [0, 0.05) is 18.6 Å². The van der Waals surface area contributed by atoms with E-state index in [9.17, 15) is 4.79 Å². The van der Waals surface area contributed by atoms with Crippen LogP contribution in [0.1, 0.15) is 39.5 Å². The molecule has 0 bridgehead atoms. The van der Waals surface area contributed by atoms with Crippen LogP contribution in [0.2, 0.25) is 0 Å². The Kier molecular flexibility index (Phi) is 3.22. The lowest BCUT2D eigenvalue weighted by Crippen LogP contribution is -2.55. The first kappa shape index (κ1) is 11.9. The molecule has 2 unspecified atom stereocenters. The summed E-state index contributed by atoms with van der Waals surface area (Å²) in [7, 11) is 0. The summed E-state index contributed by atoms with van der Waals surface area (Å²) in [6.45, 7) is 5.84. The number of nitrogens with zero attached hydrogens (tertiary/aromatic N) is 1. The molecule has 0 radical (unpaired) electrons. The van der Waals surface area contributed by atoms with E-state index in [0.717, 1.165) is 13.0 Å². The van der Waals surface area contributed by atoms with Gasteiger partial charge >= 0.3 is 0 Å². The topological polar surface area (TPSA) is 58.4 Å². The summed E-state index contributed by atoms with van der Waals surface area (Å²) in [5, 5.41) is 3.11. The van der Waals surface area contributed by atoms with Crippen LogP contribution in [0, 0.1) is 0 Å². The Morgan fingerprint density at radius 3 is 2.75 bits per heavy atom. The van der Waals surface area contributed by atoms with Crippen molar-refractivity contribution in [3.05, 3.63) is 0 Å². The van der Waals surface area contributed by atoms with Gasteiger partial charge in [0.05, 0.1) is 5.54 Å². The van der Waals surface area contributed by atoms with E-state index >= 15 is 0 Å². The van der Waals surface area contributed by atoms with E-state index in [4.69, 9.17) is 5.73 Å². The highest BCUT2D eigenvalue weighted by Gasteiger charge is 2.37. The predicted molar refractivity (Wildman–Crippen MR) is 64.0 cm³/mol. The fraction of sp³-hybridized carbons (Fsp3) is 0.917. The smallest absolute Gasteiger partial charge is 0.239 e. The SMILES string of the molecule is CC(C)(N)C(=O)NC1CCN2CCCCC12. The molecule has 4 heteroatoms. The van der Waals surface area contributed by atoms with Crippen LogP contribution in [-0.2, 0) is 4.79 Å². The van der Waals surface area contributed by atoms with Crippen LogP contribution in [-0.4, -0.2) is 41.5 Å². The standard InChI is InChI=1S/C12H23N3O/c1-12(2,13)11(16)14-9-6-8-15-7-4-3-5-10(9)15/h9-10H,3-8,13H2,1-2H3,(H,14,16). The molecule has 16 heavy (non-hydrogen) atoms. The minimum atomic E-state index is -0.762. The highest BCUT2D eigenvalue weighted by molar-refractivity contribution is 5.85. The number of amides is 1. The molecule has 1 amide bonds. The normalized spacial score (nSPS) is 31.2. The number of hydrogen-bond acceptors (Lipinski definition) is 3. The molecular formula is C12H23N3O. The Morgan fingerprint density at radius 1 is 1.31 bits per heavy atom. The molecule has 2 aliphatic heterocycles. The molecule has 0 spiro atoms. The predicted octanol–water partition coefficient (Wildman–Crippen LogP) is 0.467. The van der Waals surface area contributed by atoms with Gasteiger partial charge in [0.25, 0.3) is 0 Å². The van der Waals surface area contributed by atoms with Crippen LogP contribution in [0.4, 0.5) is 0 Å². The van der Waals surface area contributed by atoms with Crippen LogP contribution >= 0.6 is 0 Å². The summed E-state index contributed by atoms with van der Waals surface area (Å²) in [4.78, 5) is 14.4. The van der Waals surface area contributed by atoms with Crippen molar-refractivity contribution < 1.29 is 4.79 Å². The van der Waals surface area contributed by atoms with Crippen molar-refractivity contribution in [1.82, 2.24) is 10.2 Å². The van der Waals surface area contributed by atoms with Crippen molar-refractivity contribution in [3.63, 3.8) is 0 Å². The molecule has 2 saturated heterocycles. The zero-order valence-corrected chi connectivity index (χ0v) is 10.3. The molecule has 3 N–H and O–H groups in total. The number of rotatable bonds is 2. The second-order valence-corrected chi connectivity index (χ2v) is 5.69. The van der Waals surface area contributed by atoms with Crippen LogP contribution < -0.4 is 11.1 Å². The first-order valence-corrected chi connectivity index (χ1v) is 6.32. The number of hydrogen-bond donors (Lipinski definition) is 2. The van der Waals surface area contributed by atoms with Crippen molar-refractivity contribution in [3.8, 4) is 0 Å². The van der Waals surface area contributed by atoms with Crippen LogP contribution in [0.5, 0.6) is 0 Å². The van der Waals surface area contributed by atoms with Gasteiger partial charge in [-0.3, -0.25) is 9.69 Å². The molecule has 0 saturated carbocycles. The van der Waals surface area contributed by atoms with E-state index in [-0.39, 0.29) is 5.91 Å². The maximum absolute atomic E-state index is 11.8. The molecule has 0 aromatic rings. The molecule has 0 aromatic heterocycles. The largest absolute Gasteiger partial charge is 0.350 e. The Hall–Kier alpha value is -0.610. The molecule has 2 fully saturated rings. The third kappa shape index (κ3) is 2.38. The zero-order valence-electron chi connectivity index (χ0n) is 10.3. The molecule has 0 aromatic carbocycles. The molecule has 2 atom stereocenters. The average molecular weight is 225 g/mol. The zero-order chi connectivity index (χ0) is 11.8. The Labute approximate surface area is 97.6 Å². The fourth-order valence-corrected chi connectivity index (χ4v) is 2.77. The number of fused-ring (bicyclic) bond motifs is 1. The van der Waals surface area contributed by atoms with Gasteiger partial charge in [-0.15, -0.1) is 0 Å². The van der Waals surface area contributed by atoms with E-state index in [1.54, 1.807) is 13.8 Å². The lowest BCUT2D eigenvalue weighted by molar-refractivity contribution is -0.126. The summed E-state index contributed by atoms with van der Waals surface area (Å²) < 4.78 is 0. The molecule has 0 aliphatic carbocycles. The van der Waals surface area contributed by atoms with Crippen molar-refractivity contribution in [2.75, 3.05) is 13.1 Å². The second kappa shape index (κ2) is 4.34. The van der Waals surface area contributed by atoms with Gasteiger partial charge in [-0.25, -0.2) is 0 Å². The molecule has 4 nitrogen and oxygen atoms in total. The van der Waals surface area contributed by atoms with Gasteiger partial charge in [0.15, 0.2) is 0 Å². The Morgan fingerprint density at radius 2 is 2.06 bits per heavy atom. The molecular weight excluding hydrogens is 202 g/mol. The maximum atomic E-state index is 11.8. The lowest BCUT2D eigenvalue weighted by Gasteiger charge is -2.33. The number of nitrogens with one attached hydrogen (secondary N) is 1. The van der Waals surface area contributed by atoms with Gasteiger partial charge in [-0.1, -0.05) is 6.42 Å². The van der Waals surface area contributed by atoms with Gasteiger partial charge in [0.2, 0.25) is 5.91 Å². The van der Waals surface area contributed by atoms with Gasteiger partial charge < -0.3 is 11.1 Å². The quantitative estimate of drug-likeness (QED) is 0.718. The Balaban J connectivity index is 1.93. The summed E-state index contributed by atoms with van der Waals surface area (Å²) in [6.07, 6.45) is 4.89. The van der Waals surface area contributed by atoms with Crippen molar-refractivity contribution in [2.24, 2.45) is 5.73 Å². The number of carbonyl (C=O) groups excluding carboxylic acids is 1. The number of nitrogens with two attached hydrogens (primary N) is 1. The molecule has 2 rings (SSSR count). The number of carbonyl (C=O) groups is 1. The third-order valence-electron chi connectivity index (χ3n) is 3.76. The second-order valence-electron chi connectivity index (χ2n) is 5.69. The van der Waals surface area contributed by atoms with Crippen LogP contribution in [0.25, 0.3) is 0 Å². The lowest BCUT2D eigenvalue weighted by atomic mass is 9.97.